The van der Waals surface area contributed by atoms with Gasteiger partial charge in [0.25, 0.3) is 0 Å². The highest BCUT2D eigenvalue weighted by Gasteiger charge is 2.16. The van der Waals surface area contributed by atoms with E-state index in [4.69, 9.17) is 0 Å². The van der Waals surface area contributed by atoms with Gasteiger partial charge in [0.05, 0.1) is 0 Å². The summed E-state index contributed by atoms with van der Waals surface area (Å²) in [5.74, 6) is 0.0206. The fraction of sp³-hybridized carbons (Fsp3) is 0.118. The van der Waals surface area contributed by atoms with Crippen molar-refractivity contribution in [3.8, 4) is 0 Å². The van der Waals surface area contributed by atoms with E-state index in [1.54, 1.807) is 0 Å². The van der Waals surface area contributed by atoms with E-state index in [0.29, 0.717) is 0 Å². The van der Waals surface area contributed by atoms with E-state index < -0.39 is 0 Å². The second-order valence-electron chi connectivity index (χ2n) is 4.69. The van der Waals surface area contributed by atoms with Crippen LogP contribution in [0.5, 0.6) is 0 Å². The zero-order valence-corrected chi connectivity index (χ0v) is 10.6. The molecular formula is C17H15FN. The Morgan fingerprint density at radius 1 is 1.11 bits per heavy atom. The minimum atomic E-state index is -0.216. The molecule has 1 unspecified atom stereocenters. The molecule has 0 bridgehead atoms. The number of nitrogens with one attached hydrogen (secondary N) is 1. The molecule has 0 saturated heterocycles. The molecule has 95 valence electrons. The van der Waals surface area contributed by atoms with Crippen molar-refractivity contribution in [3.63, 3.8) is 0 Å². The van der Waals surface area contributed by atoms with Gasteiger partial charge in [-0.2, -0.15) is 0 Å². The van der Waals surface area contributed by atoms with Crippen molar-refractivity contribution >= 4 is 10.9 Å². The second kappa shape index (κ2) is 4.88. The molecule has 2 heteroatoms. The number of H-pyrrole nitrogens is 1. The Hall–Kier alpha value is -2.09. The van der Waals surface area contributed by atoms with Gasteiger partial charge in [-0.3, -0.25) is 0 Å². The number of aromatic amines is 1. The molecule has 1 nitrogen and oxygen atoms in total. The average molecular weight is 252 g/mol. The Balaban J connectivity index is 2.12. The molecule has 0 fully saturated rings. The molecule has 0 aliphatic rings. The first kappa shape index (κ1) is 12.0. The first-order chi connectivity index (χ1) is 9.29. The zero-order chi connectivity index (χ0) is 13.2. The van der Waals surface area contributed by atoms with Gasteiger partial charge in [-0.25, -0.2) is 4.39 Å². The Morgan fingerprint density at radius 2 is 1.89 bits per heavy atom. The molecule has 1 atom stereocenters. The summed E-state index contributed by atoms with van der Waals surface area (Å²) in [4.78, 5) is 3.15. The molecule has 0 amide bonds. The highest BCUT2D eigenvalue weighted by molar-refractivity contribution is 5.84. The fourth-order valence-corrected chi connectivity index (χ4v) is 2.60. The van der Waals surface area contributed by atoms with Crippen molar-refractivity contribution in [2.24, 2.45) is 0 Å². The first-order valence-corrected chi connectivity index (χ1v) is 6.40. The number of hydrogen-bond donors (Lipinski definition) is 1. The largest absolute Gasteiger partial charge is 0.361 e. The number of halogens is 1. The molecule has 1 aromatic heterocycles. The lowest BCUT2D eigenvalue weighted by atomic mass is 9.89. The first-order valence-electron chi connectivity index (χ1n) is 6.40. The summed E-state index contributed by atoms with van der Waals surface area (Å²) in [5, 5.41) is 1.07. The summed E-state index contributed by atoms with van der Waals surface area (Å²) < 4.78 is 13.2. The molecular weight excluding hydrogens is 237 g/mol. The maximum absolute atomic E-state index is 13.2. The van der Waals surface area contributed by atoms with E-state index in [-0.39, 0.29) is 11.7 Å². The molecule has 2 aromatic carbocycles. The van der Waals surface area contributed by atoms with Gasteiger partial charge in [0.1, 0.15) is 5.82 Å². The quantitative estimate of drug-likeness (QED) is 0.697. The highest BCUT2D eigenvalue weighted by Crippen LogP contribution is 2.33. The van der Waals surface area contributed by atoms with Crippen LogP contribution in [0.1, 0.15) is 23.5 Å². The van der Waals surface area contributed by atoms with Gasteiger partial charge in [0, 0.05) is 23.0 Å². The molecule has 19 heavy (non-hydrogen) atoms. The van der Waals surface area contributed by atoms with Crippen LogP contribution in [0, 0.1) is 12.7 Å². The zero-order valence-electron chi connectivity index (χ0n) is 10.6. The summed E-state index contributed by atoms with van der Waals surface area (Å²) in [5.41, 5.74) is 3.25. The molecule has 1 N–H and O–H groups in total. The van der Waals surface area contributed by atoms with E-state index in [9.17, 15) is 4.39 Å². The van der Waals surface area contributed by atoms with Gasteiger partial charge >= 0.3 is 0 Å². The average Bonchev–Trinajstić information content (AvgIpc) is 2.84. The van der Waals surface area contributed by atoms with Crippen LogP contribution in [0.15, 0.2) is 54.7 Å². The third-order valence-electron chi connectivity index (χ3n) is 3.54. The number of benzene rings is 2. The van der Waals surface area contributed by atoms with Gasteiger partial charge < -0.3 is 4.98 Å². The summed E-state index contributed by atoms with van der Waals surface area (Å²) >= 11 is 0. The van der Waals surface area contributed by atoms with Gasteiger partial charge in [-0.15, -0.1) is 0 Å². The number of hydrogen-bond acceptors (Lipinski definition) is 0. The number of aromatic nitrogens is 1. The lowest BCUT2D eigenvalue weighted by Gasteiger charge is -2.14. The Labute approximate surface area is 112 Å². The minimum absolute atomic E-state index is 0.216. The molecule has 0 spiro atoms. The van der Waals surface area contributed by atoms with Gasteiger partial charge in [-0.05, 0) is 35.7 Å². The highest BCUT2D eigenvalue weighted by atomic mass is 19.1. The van der Waals surface area contributed by atoms with E-state index in [0.717, 1.165) is 17.3 Å². The summed E-state index contributed by atoms with van der Waals surface area (Å²) in [6, 6.07) is 15.2. The van der Waals surface area contributed by atoms with Crippen molar-refractivity contribution < 1.29 is 4.39 Å². The molecule has 0 aliphatic carbocycles. The Kier molecular flexibility index (Phi) is 3.08. The third kappa shape index (κ3) is 2.14. The summed E-state index contributed by atoms with van der Waals surface area (Å²) in [7, 11) is 0. The van der Waals surface area contributed by atoms with Gasteiger partial charge in [0.2, 0.25) is 0 Å². The van der Waals surface area contributed by atoms with Crippen molar-refractivity contribution in [1.82, 2.24) is 4.98 Å². The van der Waals surface area contributed by atoms with Crippen LogP contribution >= 0.6 is 0 Å². The summed E-state index contributed by atoms with van der Waals surface area (Å²) in [6.07, 6.45) is 2.74. The summed E-state index contributed by atoms with van der Waals surface area (Å²) in [6.45, 7) is 4.05. The van der Waals surface area contributed by atoms with Gasteiger partial charge in [-0.1, -0.05) is 37.3 Å². The van der Waals surface area contributed by atoms with Crippen molar-refractivity contribution in [3.05, 3.63) is 78.6 Å². The van der Waals surface area contributed by atoms with E-state index in [1.165, 1.54) is 23.3 Å². The molecule has 0 aliphatic heterocycles. The lowest BCUT2D eigenvalue weighted by Crippen LogP contribution is -1.98. The van der Waals surface area contributed by atoms with Crippen LogP contribution in [0.25, 0.3) is 10.9 Å². The van der Waals surface area contributed by atoms with Gasteiger partial charge in [0.15, 0.2) is 0 Å². The predicted octanol–water partition coefficient (Wildman–Crippen LogP) is 4.66. The van der Waals surface area contributed by atoms with E-state index in [1.807, 2.05) is 30.5 Å². The number of fused-ring (bicyclic) bond motifs is 1. The monoisotopic (exact) mass is 252 g/mol. The third-order valence-corrected chi connectivity index (χ3v) is 3.54. The van der Waals surface area contributed by atoms with E-state index >= 15 is 0 Å². The second-order valence-corrected chi connectivity index (χ2v) is 4.69. The topological polar surface area (TPSA) is 15.8 Å². The molecule has 1 heterocycles. The van der Waals surface area contributed by atoms with Crippen molar-refractivity contribution in [1.29, 1.82) is 0 Å². The number of rotatable bonds is 3. The Bertz CT molecular complexity index is 685. The SMILES string of the molecule is [CH2]CC(c1ccccc1)c1c[nH]c2cc(F)ccc12. The van der Waals surface area contributed by atoms with Crippen LogP contribution in [0.3, 0.4) is 0 Å². The van der Waals surface area contributed by atoms with Crippen LogP contribution < -0.4 is 0 Å². The Morgan fingerprint density at radius 3 is 2.63 bits per heavy atom. The molecule has 3 rings (SSSR count). The fourth-order valence-electron chi connectivity index (χ4n) is 2.60. The molecule has 0 saturated carbocycles. The van der Waals surface area contributed by atoms with Crippen LogP contribution in [-0.4, -0.2) is 4.98 Å². The maximum Gasteiger partial charge on any atom is 0.125 e. The lowest BCUT2D eigenvalue weighted by molar-refractivity contribution is 0.629. The van der Waals surface area contributed by atoms with Crippen LogP contribution in [0.4, 0.5) is 4.39 Å². The smallest absolute Gasteiger partial charge is 0.125 e. The normalized spacial score (nSPS) is 12.7. The molecule has 3 aromatic rings. The van der Waals surface area contributed by atoms with Crippen LogP contribution in [-0.2, 0) is 0 Å². The van der Waals surface area contributed by atoms with Crippen molar-refractivity contribution in [2.75, 3.05) is 0 Å². The molecule has 1 radical (unpaired) electrons. The van der Waals surface area contributed by atoms with Crippen LogP contribution in [0.2, 0.25) is 0 Å². The minimum Gasteiger partial charge on any atom is -0.361 e. The van der Waals surface area contributed by atoms with Crippen molar-refractivity contribution in [2.45, 2.75) is 12.3 Å². The van der Waals surface area contributed by atoms with E-state index in [2.05, 4.69) is 24.0 Å². The predicted molar refractivity (Wildman–Crippen MR) is 76.5 cm³/mol. The standard InChI is InChI=1S/C17H15FN/c1-2-14(12-6-4-3-5-7-12)16-11-19-17-10-13(18)8-9-15(16)17/h3-11,14,19H,1-2H2. The maximum atomic E-state index is 13.2.